The van der Waals surface area contributed by atoms with E-state index in [1.165, 1.54) is 0 Å². The van der Waals surface area contributed by atoms with Crippen LogP contribution in [0, 0.1) is 0 Å². The Bertz CT molecular complexity index is 93.6. The quantitative estimate of drug-likeness (QED) is 0.358. The second kappa shape index (κ2) is 7.12. The summed E-state index contributed by atoms with van der Waals surface area (Å²) >= 11 is 4.03. The molecule has 0 fully saturated rings. The highest BCUT2D eigenvalue weighted by Crippen LogP contribution is 1.93. The van der Waals surface area contributed by atoms with Gasteiger partial charge in [-0.1, -0.05) is 6.58 Å². The van der Waals surface area contributed by atoms with Crippen LogP contribution < -0.4 is 0 Å². The molecule has 0 radical (unpaired) electrons. The van der Waals surface area contributed by atoms with Gasteiger partial charge in [0.2, 0.25) is 0 Å². The Labute approximate surface area is 67.6 Å². The lowest BCUT2D eigenvalue weighted by atomic mass is 10.4. The average Bonchev–Trinajstić information content (AvgIpc) is 1.98. The van der Waals surface area contributed by atoms with Gasteiger partial charge in [0.1, 0.15) is 0 Å². The molecule has 2 nitrogen and oxygen atoms in total. The number of hydrogen-bond donors (Lipinski definition) is 1. The van der Waals surface area contributed by atoms with E-state index in [-0.39, 0.29) is 0 Å². The molecule has 0 rings (SSSR count). The zero-order valence-corrected chi connectivity index (χ0v) is 7.19. The van der Waals surface area contributed by atoms with Gasteiger partial charge in [0.15, 0.2) is 0 Å². The fourth-order valence-corrected chi connectivity index (χ4v) is 0.496. The minimum atomic E-state index is 0.590. The molecule has 0 N–H and O–H groups in total. The molecule has 0 amide bonds. The summed E-state index contributed by atoms with van der Waals surface area (Å²) in [5.41, 5.74) is 0.999. The van der Waals surface area contributed by atoms with E-state index in [4.69, 9.17) is 9.47 Å². The topological polar surface area (TPSA) is 18.5 Å². The SMILES string of the molecule is C=C(CS)COCCOC. The van der Waals surface area contributed by atoms with Gasteiger partial charge in [-0.3, -0.25) is 0 Å². The predicted molar refractivity (Wildman–Crippen MR) is 45.7 cm³/mol. The first-order valence-electron chi connectivity index (χ1n) is 3.15. The first-order chi connectivity index (χ1) is 4.81. The lowest BCUT2D eigenvalue weighted by Gasteiger charge is -2.02. The van der Waals surface area contributed by atoms with Gasteiger partial charge in [0.05, 0.1) is 19.8 Å². The summed E-state index contributed by atoms with van der Waals surface area (Å²) in [6, 6.07) is 0. The number of ether oxygens (including phenoxy) is 2. The molecule has 0 aliphatic carbocycles. The van der Waals surface area contributed by atoms with Gasteiger partial charge in [-0.2, -0.15) is 12.6 Å². The van der Waals surface area contributed by atoms with Crippen molar-refractivity contribution >= 4 is 12.6 Å². The van der Waals surface area contributed by atoms with E-state index in [9.17, 15) is 0 Å². The highest BCUT2D eigenvalue weighted by molar-refractivity contribution is 7.80. The molecule has 0 aliphatic heterocycles. The second-order valence-electron chi connectivity index (χ2n) is 1.95. The number of thiol groups is 1. The molecule has 10 heavy (non-hydrogen) atoms. The minimum Gasteiger partial charge on any atom is -0.382 e. The molecule has 0 aromatic heterocycles. The van der Waals surface area contributed by atoms with E-state index < -0.39 is 0 Å². The Morgan fingerprint density at radius 3 is 2.70 bits per heavy atom. The summed E-state index contributed by atoms with van der Waals surface area (Å²) < 4.78 is 9.94. The first-order valence-corrected chi connectivity index (χ1v) is 3.78. The number of methoxy groups -OCH3 is 1. The van der Waals surface area contributed by atoms with Crippen molar-refractivity contribution in [3.05, 3.63) is 12.2 Å². The fraction of sp³-hybridized carbons (Fsp3) is 0.714. The summed E-state index contributed by atoms with van der Waals surface area (Å²) in [6.45, 7) is 5.59. The fourth-order valence-electron chi connectivity index (χ4n) is 0.404. The first kappa shape index (κ1) is 10.0. The van der Waals surface area contributed by atoms with Crippen molar-refractivity contribution in [3.63, 3.8) is 0 Å². The van der Waals surface area contributed by atoms with Gasteiger partial charge in [0.25, 0.3) is 0 Å². The van der Waals surface area contributed by atoms with Gasteiger partial charge >= 0.3 is 0 Å². The van der Waals surface area contributed by atoms with Gasteiger partial charge in [0, 0.05) is 12.9 Å². The molecule has 0 unspecified atom stereocenters. The Hall–Kier alpha value is 0.01000. The van der Waals surface area contributed by atoms with Crippen LogP contribution in [0.2, 0.25) is 0 Å². The summed E-state index contributed by atoms with van der Waals surface area (Å²) in [5.74, 6) is 0.687. The average molecular weight is 162 g/mol. The van der Waals surface area contributed by atoms with Crippen molar-refractivity contribution in [3.8, 4) is 0 Å². The van der Waals surface area contributed by atoms with Crippen molar-refractivity contribution in [1.82, 2.24) is 0 Å². The maximum absolute atomic E-state index is 5.15. The maximum atomic E-state index is 5.15. The van der Waals surface area contributed by atoms with Crippen molar-refractivity contribution < 1.29 is 9.47 Å². The van der Waals surface area contributed by atoms with Gasteiger partial charge < -0.3 is 9.47 Å². The number of hydrogen-bond acceptors (Lipinski definition) is 3. The van der Waals surface area contributed by atoms with Crippen LogP contribution in [0.4, 0.5) is 0 Å². The van der Waals surface area contributed by atoms with E-state index in [0.29, 0.717) is 25.6 Å². The molecule has 3 heteroatoms. The highest BCUT2D eigenvalue weighted by atomic mass is 32.1. The third-order valence-corrected chi connectivity index (χ3v) is 1.41. The third kappa shape index (κ3) is 6.13. The predicted octanol–water partition coefficient (Wildman–Crippen LogP) is 1.14. The van der Waals surface area contributed by atoms with Crippen LogP contribution in [0.5, 0.6) is 0 Å². The van der Waals surface area contributed by atoms with E-state index in [2.05, 4.69) is 19.2 Å². The lowest BCUT2D eigenvalue weighted by molar-refractivity contribution is 0.0826. The van der Waals surface area contributed by atoms with E-state index in [1.807, 2.05) is 0 Å². The van der Waals surface area contributed by atoms with Crippen LogP contribution in [0.25, 0.3) is 0 Å². The molecule has 0 aromatic rings. The molecule has 0 spiro atoms. The molecule has 0 bridgehead atoms. The van der Waals surface area contributed by atoms with Crippen molar-refractivity contribution in [2.45, 2.75) is 0 Å². The van der Waals surface area contributed by atoms with Crippen LogP contribution in [0.1, 0.15) is 0 Å². The second-order valence-corrected chi connectivity index (χ2v) is 2.27. The molecule has 0 aliphatic rings. The van der Waals surface area contributed by atoms with Crippen LogP contribution in [0.3, 0.4) is 0 Å². The molecule has 0 saturated carbocycles. The van der Waals surface area contributed by atoms with Crippen molar-refractivity contribution in [2.24, 2.45) is 0 Å². The Morgan fingerprint density at radius 1 is 1.50 bits per heavy atom. The minimum absolute atomic E-state index is 0.590. The molecule has 0 heterocycles. The zero-order chi connectivity index (χ0) is 7.82. The maximum Gasteiger partial charge on any atom is 0.0704 e. The Balaban J connectivity index is 2.96. The van der Waals surface area contributed by atoms with Crippen molar-refractivity contribution in [1.29, 1.82) is 0 Å². The standard InChI is InChI=1S/C7H14O2S/c1-7(6-10)5-9-4-3-8-2/h10H,1,3-6H2,2H3. The molecule has 60 valence electrons. The molecule has 0 saturated heterocycles. The van der Waals surface area contributed by atoms with Crippen LogP contribution in [-0.2, 0) is 9.47 Å². The van der Waals surface area contributed by atoms with Gasteiger partial charge in [-0.05, 0) is 5.57 Å². The normalized spacial score (nSPS) is 9.80. The van der Waals surface area contributed by atoms with Crippen LogP contribution >= 0.6 is 12.6 Å². The smallest absolute Gasteiger partial charge is 0.0704 e. The largest absolute Gasteiger partial charge is 0.382 e. The molecular formula is C7H14O2S. The van der Waals surface area contributed by atoms with Gasteiger partial charge in [-0.25, -0.2) is 0 Å². The molecular weight excluding hydrogens is 148 g/mol. The van der Waals surface area contributed by atoms with Crippen LogP contribution in [-0.4, -0.2) is 32.7 Å². The Morgan fingerprint density at radius 2 is 2.20 bits per heavy atom. The summed E-state index contributed by atoms with van der Waals surface area (Å²) in [6.07, 6.45) is 0. The monoisotopic (exact) mass is 162 g/mol. The van der Waals surface area contributed by atoms with E-state index in [1.54, 1.807) is 7.11 Å². The summed E-state index contributed by atoms with van der Waals surface area (Å²) in [5, 5.41) is 0. The van der Waals surface area contributed by atoms with Crippen LogP contribution in [0.15, 0.2) is 12.2 Å². The summed E-state index contributed by atoms with van der Waals surface area (Å²) in [7, 11) is 1.65. The van der Waals surface area contributed by atoms with E-state index in [0.717, 1.165) is 5.57 Å². The van der Waals surface area contributed by atoms with E-state index >= 15 is 0 Å². The molecule has 0 atom stereocenters. The number of rotatable bonds is 6. The van der Waals surface area contributed by atoms with Crippen molar-refractivity contribution in [2.75, 3.05) is 32.7 Å². The summed E-state index contributed by atoms with van der Waals surface area (Å²) in [4.78, 5) is 0. The Kier molecular flexibility index (Phi) is 7.13. The highest BCUT2D eigenvalue weighted by Gasteiger charge is 1.90. The molecule has 0 aromatic carbocycles. The lowest BCUT2D eigenvalue weighted by Crippen LogP contribution is -2.04. The van der Waals surface area contributed by atoms with Gasteiger partial charge in [-0.15, -0.1) is 0 Å². The zero-order valence-electron chi connectivity index (χ0n) is 6.30. The third-order valence-electron chi connectivity index (χ3n) is 0.962.